The highest BCUT2D eigenvalue weighted by Crippen LogP contribution is 2.39. The van der Waals surface area contributed by atoms with Gasteiger partial charge >= 0.3 is 5.97 Å². The molecule has 1 unspecified atom stereocenters. The highest BCUT2D eigenvalue weighted by Gasteiger charge is 2.43. The topological polar surface area (TPSA) is 40.5 Å². The molecule has 4 heteroatoms. The zero-order valence-corrected chi connectivity index (χ0v) is 12.3. The molecule has 0 aromatic heterocycles. The van der Waals surface area contributed by atoms with E-state index in [4.69, 9.17) is 0 Å². The summed E-state index contributed by atoms with van der Waals surface area (Å²) < 4.78 is 1.02. The fourth-order valence-corrected chi connectivity index (χ4v) is 3.31. The van der Waals surface area contributed by atoms with Crippen LogP contribution in [-0.2, 0) is 4.79 Å². The van der Waals surface area contributed by atoms with Crippen LogP contribution in [0.5, 0.6) is 0 Å². The van der Waals surface area contributed by atoms with Crippen molar-refractivity contribution in [2.45, 2.75) is 32.2 Å². The smallest absolute Gasteiger partial charge is 0.308 e. The largest absolute Gasteiger partial charge is 0.481 e. The van der Waals surface area contributed by atoms with Gasteiger partial charge in [-0.25, -0.2) is 0 Å². The van der Waals surface area contributed by atoms with Crippen LogP contribution in [0.15, 0.2) is 28.7 Å². The lowest BCUT2D eigenvalue weighted by Crippen LogP contribution is -2.56. The molecule has 1 atom stereocenters. The summed E-state index contributed by atoms with van der Waals surface area (Å²) in [4.78, 5) is 13.6. The molecule has 18 heavy (non-hydrogen) atoms. The number of rotatable bonds is 2. The minimum Gasteiger partial charge on any atom is -0.481 e. The number of benzene rings is 1. The lowest BCUT2D eigenvalue weighted by Gasteiger charge is -2.48. The maximum absolute atomic E-state index is 11.4. The monoisotopic (exact) mass is 311 g/mol. The average molecular weight is 312 g/mol. The van der Waals surface area contributed by atoms with Crippen molar-refractivity contribution in [2.75, 3.05) is 11.4 Å². The second-order valence-electron chi connectivity index (χ2n) is 5.29. The van der Waals surface area contributed by atoms with Crippen molar-refractivity contribution in [3.05, 3.63) is 28.7 Å². The summed E-state index contributed by atoms with van der Waals surface area (Å²) in [6.45, 7) is 4.94. The zero-order chi connectivity index (χ0) is 13.3. The molecule has 1 heterocycles. The van der Waals surface area contributed by atoms with Gasteiger partial charge in [0.1, 0.15) is 0 Å². The van der Waals surface area contributed by atoms with Gasteiger partial charge in [-0.05, 0) is 54.8 Å². The third-order valence-corrected chi connectivity index (χ3v) is 4.53. The zero-order valence-electron chi connectivity index (χ0n) is 10.7. The summed E-state index contributed by atoms with van der Waals surface area (Å²) in [5.41, 5.74) is 0.710. The third-order valence-electron chi connectivity index (χ3n) is 3.86. The van der Waals surface area contributed by atoms with E-state index in [0.717, 1.165) is 29.5 Å². The molecule has 1 aliphatic rings. The summed E-state index contributed by atoms with van der Waals surface area (Å²) in [6.07, 6.45) is 1.67. The van der Waals surface area contributed by atoms with Crippen molar-refractivity contribution in [1.29, 1.82) is 0 Å². The maximum Gasteiger partial charge on any atom is 0.308 e. The van der Waals surface area contributed by atoms with Crippen LogP contribution < -0.4 is 4.90 Å². The summed E-state index contributed by atoms with van der Waals surface area (Å²) in [7, 11) is 0. The number of carbonyl (C=O) groups is 1. The molecule has 0 radical (unpaired) electrons. The van der Waals surface area contributed by atoms with Gasteiger partial charge < -0.3 is 10.0 Å². The van der Waals surface area contributed by atoms with E-state index in [9.17, 15) is 9.90 Å². The quantitative estimate of drug-likeness (QED) is 0.908. The van der Waals surface area contributed by atoms with Crippen LogP contribution in [0.3, 0.4) is 0 Å². The molecule has 1 saturated heterocycles. The number of hydrogen-bond acceptors (Lipinski definition) is 2. The molecule has 0 saturated carbocycles. The fourth-order valence-electron chi connectivity index (χ4n) is 2.81. The van der Waals surface area contributed by atoms with Crippen molar-refractivity contribution < 1.29 is 9.90 Å². The van der Waals surface area contributed by atoms with Crippen LogP contribution in [0.2, 0.25) is 0 Å². The number of aliphatic carboxylic acids is 1. The van der Waals surface area contributed by atoms with Gasteiger partial charge in [0.05, 0.1) is 11.6 Å². The first-order valence-corrected chi connectivity index (χ1v) is 6.99. The predicted octanol–water partition coefficient (Wildman–Crippen LogP) is 3.53. The normalized spacial score (nSPS) is 22.8. The molecule has 3 nitrogen and oxygen atoms in total. The molecule has 1 N–H and O–H groups in total. The SMILES string of the molecule is CC1(C)C(C(=O)O)CCCN1c1ccccc1Br. The van der Waals surface area contributed by atoms with Gasteiger partial charge in [0.15, 0.2) is 0 Å². The molecule has 1 aliphatic heterocycles. The van der Waals surface area contributed by atoms with Crippen LogP contribution in [0.1, 0.15) is 26.7 Å². The number of para-hydroxylation sites is 1. The van der Waals surface area contributed by atoms with Gasteiger partial charge in [-0.1, -0.05) is 12.1 Å². The lowest BCUT2D eigenvalue weighted by atomic mass is 9.78. The first kappa shape index (κ1) is 13.4. The minimum atomic E-state index is -0.697. The number of nitrogens with zero attached hydrogens (tertiary/aromatic N) is 1. The molecule has 0 bridgehead atoms. The summed E-state index contributed by atoms with van der Waals surface area (Å²) in [6, 6.07) is 7.99. The standard InChI is InChI=1S/C14H18BrNO2/c1-14(2)10(13(17)18)6-5-9-16(14)12-8-4-3-7-11(12)15/h3-4,7-8,10H,5-6,9H2,1-2H3,(H,17,18). The van der Waals surface area contributed by atoms with E-state index in [1.165, 1.54) is 0 Å². The number of halogens is 1. The highest BCUT2D eigenvalue weighted by molar-refractivity contribution is 9.10. The van der Waals surface area contributed by atoms with Crippen molar-refractivity contribution in [3.8, 4) is 0 Å². The fraction of sp³-hybridized carbons (Fsp3) is 0.500. The first-order chi connectivity index (χ1) is 8.44. The van der Waals surface area contributed by atoms with E-state index in [1.54, 1.807) is 0 Å². The Morgan fingerprint density at radius 2 is 2.11 bits per heavy atom. The molecule has 1 aromatic carbocycles. The molecule has 0 spiro atoms. The highest BCUT2D eigenvalue weighted by atomic mass is 79.9. The molecule has 1 fully saturated rings. The van der Waals surface area contributed by atoms with Crippen molar-refractivity contribution in [2.24, 2.45) is 5.92 Å². The molecule has 98 valence electrons. The Kier molecular flexibility index (Phi) is 3.66. The van der Waals surface area contributed by atoms with Gasteiger partial charge in [-0.2, -0.15) is 0 Å². The summed E-state index contributed by atoms with van der Waals surface area (Å²) in [5.74, 6) is -1.02. The Bertz CT molecular complexity index is 459. The summed E-state index contributed by atoms with van der Waals surface area (Å²) >= 11 is 3.55. The minimum absolute atomic E-state index is 0.321. The van der Waals surface area contributed by atoms with Crippen LogP contribution in [-0.4, -0.2) is 23.2 Å². The van der Waals surface area contributed by atoms with Crippen LogP contribution in [0.25, 0.3) is 0 Å². The van der Waals surface area contributed by atoms with Crippen molar-refractivity contribution in [3.63, 3.8) is 0 Å². The second kappa shape index (κ2) is 4.92. The molecule has 2 rings (SSSR count). The Balaban J connectivity index is 2.39. The maximum atomic E-state index is 11.4. The molecule has 0 aliphatic carbocycles. The van der Waals surface area contributed by atoms with Gasteiger partial charge in [0.25, 0.3) is 0 Å². The average Bonchev–Trinajstić information content (AvgIpc) is 2.29. The lowest BCUT2D eigenvalue weighted by molar-refractivity contribution is -0.144. The van der Waals surface area contributed by atoms with Crippen LogP contribution in [0.4, 0.5) is 5.69 Å². The van der Waals surface area contributed by atoms with E-state index in [2.05, 4.69) is 20.8 Å². The molecule has 1 aromatic rings. The Labute approximate surface area is 116 Å². The summed E-state index contributed by atoms with van der Waals surface area (Å²) in [5, 5.41) is 9.37. The number of piperidine rings is 1. The number of carboxylic acid groups (broad SMARTS) is 1. The Morgan fingerprint density at radius 3 is 2.72 bits per heavy atom. The van der Waals surface area contributed by atoms with Crippen LogP contribution in [0, 0.1) is 5.92 Å². The van der Waals surface area contributed by atoms with E-state index in [0.29, 0.717) is 0 Å². The van der Waals surface area contributed by atoms with E-state index in [1.807, 2.05) is 38.1 Å². The Morgan fingerprint density at radius 1 is 1.44 bits per heavy atom. The molecular formula is C14H18BrNO2. The van der Waals surface area contributed by atoms with Gasteiger partial charge in [-0.3, -0.25) is 4.79 Å². The van der Waals surface area contributed by atoms with E-state index >= 15 is 0 Å². The predicted molar refractivity (Wildman–Crippen MR) is 75.9 cm³/mol. The number of anilines is 1. The van der Waals surface area contributed by atoms with Gasteiger partial charge in [0.2, 0.25) is 0 Å². The number of hydrogen-bond donors (Lipinski definition) is 1. The third kappa shape index (κ3) is 2.26. The van der Waals surface area contributed by atoms with Crippen molar-refractivity contribution >= 4 is 27.6 Å². The van der Waals surface area contributed by atoms with E-state index < -0.39 is 5.97 Å². The molecule has 0 amide bonds. The first-order valence-electron chi connectivity index (χ1n) is 6.19. The number of carboxylic acids is 1. The van der Waals surface area contributed by atoms with Gasteiger partial charge in [0, 0.05) is 16.6 Å². The second-order valence-corrected chi connectivity index (χ2v) is 6.14. The van der Waals surface area contributed by atoms with Crippen LogP contribution >= 0.6 is 15.9 Å². The molecular weight excluding hydrogens is 294 g/mol. The van der Waals surface area contributed by atoms with E-state index in [-0.39, 0.29) is 11.5 Å². The Hall–Kier alpha value is -1.03. The van der Waals surface area contributed by atoms with Crippen molar-refractivity contribution in [1.82, 2.24) is 0 Å². The van der Waals surface area contributed by atoms with Gasteiger partial charge in [-0.15, -0.1) is 0 Å².